The van der Waals surface area contributed by atoms with Gasteiger partial charge in [0.15, 0.2) is 0 Å². The Labute approximate surface area is 124 Å². The zero-order valence-electron chi connectivity index (χ0n) is 13.9. The van der Waals surface area contributed by atoms with Crippen molar-refractivity contribution in [1.82, 2.24) is 10.2 Å². The average molecular weight is 283 g/mol. The molecule has 0 radical (unpaired) electrons. The largest absolute Gasteiger partial charge is 0.352 e. The molecule has 3 N–H and O–H groups in total. The number of amides is 1. The molecule has 0 aromatic carbocycles. The number of likely N-dealkylation sites (N-methyl/N-ethyl adjacent to an activating group) is 1. The van der Waals surface area contributed by atoms with Gasteiger partial charge in [-0.3, -0.25) is 4.79 Å². The van der Waals surface area contributed by atoms with Crippen molar-refractivity contribution in [3.8, 4) is 0 Å². The maximum Gasteiger partial charge on any atom is 0.223 e. The molecule has 0 bridgehead atoms. The fraction of sp³-hybridized carbons (Fsp3) is 0.938. The van der Waals surface area contributed by atoms with Crippen LogP contribution in [-0.4, -0.2) is 43.5 Å². The molecule has 1 aliphatic carbocycles. The second-order valence-corrected chi connectivity index (χ2v) is 7.37. The van der Waals surface area contributed by atoms with Crippen LogP contribution in [-0.2, 0) is 4.79 Å². The summed E-state index contributed by atoms with van der Waals surface area (Å²) in [5, 5.41) is 3.25. The van der Waals surface area contributed by atoms with Crippen molar-refractivity contribution in [2.75, 3.05) is 20.6 Å². The van der Waals surface area contributed by atoms with Gasteiger partial charge in [0, 0.05) is 24.5 Å². The van der Waals surface area contributed by atoms with Crippen LogP contribution in [0, 0.1) is 17.8 Å². The summed E-state index contributed by atoms with van der Waals surface area (Å²) in [4.78, 5) is 14.6. The van der Waals surface area contributed by atoms with Crippen LogP contribution in [0.15, 0.2) is 0 Å². The van der Waals surface area contributed by atoms with E-state index in [0.29, 0.717) is 11.8 Å². The predicted octanol–water partition coefficient (Wildman–Crippen LogP) is 1.84. The normalized spacial score (nSPS) is 28.7. The van der Waals surface area contributed by atoms with E-state index in [2.05, 4.69) is 45.1 Å². The third-order valence-electron chi connectivity index (χ3n) is 4.04. The molecule has 118 valence electrons. The summed E-state index contributed by atoms with van der Waals surface area (Å²) in [6, 6.07) is 0.429. The number of hydrogen-bond acceptors (Lipinski definition) is 3. The van der Waals surface area contributed by atoms with Crippen LogP contribution in [0.4, 0.5) is 0 Å². The summed E-state index contributed by atoms with van der Waals surface area (Å²) in [6.45, 7) is 7.50. The van der Waals surface area contributed by atoms with Crippen LogP contribution in [0.5, 0.6) is 0 Å². The molecule has 4 nitrogen and oxygen atoms in total. The molecular weight excluding hydrogens is 250 g/mol. The topological polar surface area (TPSA) is 58.4 Å². The highest BCUT2D eigenvalue weighted by atomic mass is 16.1. The molecule has 1 aliphatic rings. The average Bonchev–Trinajstić information content (AvgIpc) is 2.25. The van der Waals surface area contributed by atoms with Crippen molar-refractivity contribution in [3.05, 3.63) is 0 Å². The molecule has 4 atom stereocenters. The summed E-state index contributed by atoms with van der Waals surface area (Å²) in [5.74, 6) is 1.46. The van der Waals surface area contributed by atoms with Gasteiger partial charge >= 0.3 is 0 Å². The second kappa shape index (κ2) is 7.99. The Balaban J connectivity index is 2.55. The van der Waals surface area contributed by atoms with Gasteiger partial charge in [-0.05, 0) is 51.6 Å². The van der Waals surface area contributed by atoms with Crippen LogP contribution in [0.3, 0.4) is 0 Å². The number of nitrogens with zero attached hydrogens (tertiary/aromatic N) is 1. The summed E-state index contributed by atoms with van der Waals surface area (Å²) < 4.78 is 0. The fourth-order valence-electron chi connectivity index (χ4n) is 3.38. The van der Waals surface area contributed by atoms with E-state index in [-0.39, 0.29) is 23.9 Å². The predicted molar refractivity (Wildman–Crippen MR) is 84.4 cm³/mol. The Kier molecular flexibility index (Phi) is 6.96. The van der Waals surface area contributed by atoms with E-state index in [0.717, 1.165) is 32.2 Å². The van der Waals surface area contributed by atoms with Crippen molar-refractivity contribution in [3.63, 3.8) is 0 Å². The van der Waals surface area contributed by atoms with Gasteiger partial charge in [-0.2, -0.15) is 0 Å². The van der Waals surface area contributed by atoms with Gasteiger partial charge in [-0.1, -0.05) is 20.8 Å². The maximum absolute atomic E-state index is 12.5. The van der Waals surface area contributed by atoms with Crippen LogP contribution in [0.2, 0.25) is 0 Å². The minimum absolute atomic E-state index is 0.102. The molecule has 1 amide bonds. The molecule has 0 aliphatic heterocycles. The quantitative estimate of drug-likeness (QED) is 0.782. The number of nitrogens with two attached hydrogens (primary N) is 1. The number of nitrogens with one attached hydrogen (secondary N) is 1. The van der Waals surface area contributed by atoms with Crippen LogP contribution in [0.25, 0.3) is 0 Å². The second-order valence-electron chi connectivity index (χ2n) is 7.37. The molecule has 1 saturated carbocycles. The monoisotopic (exact) mass is 283 g/mol. The number of carbonyl (C=O) groups excluding carboxylic acids is 1. The van der Waals surface area contributed by atoms with Crippen molar-refractivity contribution >= 4 is 5.91 Å². The van der Waals surface area contributed by atoms with Gasteiger partial charge in [-0.25, -0.2) is 0 Å². The third-order valence-corrected chi connectivity index (χ3v) is 4.04. The van der Waals surface area contributed by atoms with E-state index >= 15 is 0 Å². The first-order chi connectivity index (χ1) is 9.27. The lowest BCUT2D eigenvalue weighted by Crippen LogP contribution is -2.47. The first-order valence-corrected chi connectivity index (χ1v) is 7.98. The lowest BCUT2D eigenvalue weighted by molar-refractivity contribution is -0.127. The van der Waals surface area contributed by atoms with Crippen LogP contribution >= 0.6 is 0 Å². The summed E-state index contributed by atoms with van der Waals surface area (Å²) in [5.41, 5.74) is 6.06. The number of carbonyl (C=O) groups is 1. The van der Waals surface area contributed by atoms with Crippen molar-refractivity contribution in [2.24, 2.45) is 23.5 Å². The van der Waals surface area contributed by atoms with Gasteiger partial charge in [0.25, 0.3) is 0 Å². The highest BCUT2D eigenvalue weighted by Gasteiger charge is 2.30. The Morgan fingerprint density at radius 3 is 2.45 bits per heavy atom. The molecule has 1 fully saturated rings. The molecule has 0 aromatic heterocycles. The minimum Gasteiger partial charge on any atom is -0.352 e. The zero-order chi connectivity index (χ0) is 15.3. The minimum atomic E-state index is 0.102. The molecule has 20 heavy (non-hydrogen) atoms. The zero-order valence-corrected chi connectivity index (χ0v) is 13.9. The molecule has 0 aromatic rings. The lowest BCUT2D eigenvalue weighted by atomic mass is 9.79. The third kappa shape index (κ3) is 6.23. The molecule has 1 rings (SSSR count). The van der Waals surface area contributed by atoms with Gasteiger partial charge in [0.2, 0.25) is 5.91 Å². The van der Waals surface area contributed by atoms with Gasteiger partial charge in [0.1, 0.15) is 0 Å². The fourth-order valence-corrected chi connectivity index (χ4v) is 3.38. The van der Waals surface area contributed by atoms with E-state index in [1.54, 1.807) is 0 Å². The summed E-state index contributed by atoms with van der Waals surface area (Å²) in [7, 11) is 4.11. The van der Waals surface area contributed by atoms with Crippen molar-refractivity contribution < 1.29 is 4.79 Å². The van der Waals surface area contributed by atoms with E-state index in [1.807, 2.05) is 0 Å². The van der Waals surface area contributed by atoms with E-state index in [9.17, 15) is 4.79 Å². The van der Waals surface area contributed by atoms with Gasteiger partial charge < -0.3 is 16.0 Å². The molecular formula is C16H33N3O. The Morgan fingerprint density at radius 2 is 1.95 bits per heavy atom. The standard InChI is InChI=1S/C16H33N3O/c1-11(2)6-15(10-19(4)5)18-16(20)13-7-12(3)8-14(17)9-13/h11-15H,6-10,17H2,1-5H3,(H,18,20). The molecule has 0 saturated heterocycles. The van der Waals surface area contributed by atoms with E-state index in [4.69, 9.17) is 5.73 Å². The molecule has 0 heterocycles. The Bertz CT molecular complexity index is 284. The Hall–Kier alpha value is -0.610. The van der Waals surface area contributed by atoms with Gasteiger partial charge in [-0.15, -0.1) is 0 Å². The van der Waals surface area contributed by atoms with E-state index in [1.165, 1.54) is 0 Å². The number of hydrogen-bond donors (Lipinski definition) is 2. The smallest absolute Gasteiger partial charge is 0.223 e. The first-order valence-electron chi connectivity index (χ1n) is 7.98. The van der Waals surface area contributed by atoms with Crippen LogP contribution in [0.1, 0.15) is 46.5 Å². The highest BCUT2D eigenvalue weighted by molar-refractivity contribution is 5.79. The molecule has 4 heteroatoms. The van der Waals surface area contributed by atoms with Crippen molar-refractivity contribution in [2.45, 2.75) is 58.5 Å². The molecule has 0 spiro atoms. The maximum atomic E-state index is 12.5. The summed E-state index contributed by atoms with van der Waals surface area (Å²) in [6.07, 6.45) is 3.90. The molecule has 4 unspecified atom stereocenters. The van der Waals surface area contributed by atoms with E-state index < -0.39 is 0 Å². The number of rotatable bonds is 6. The van der Waals surface area contributed by atoms with Crippen LogP contribution < -0.4 is 11.1 Å². The van der Waals surface area contributed by atoms with Gasteiger partial charge in [0.05, 0.1) is 0 Å². The highest BCUT2D eigenvalue weighted by Crippen LogP contribution is 2.28. The van der Waals surface area contributed by atoms with Crippen molar-refractivity contribution in [1.29, 1.82) is 0 Å². The first kappa shape index (κ1) is 17.4. The Morgan fingerprint density at radius 1 is 1.30 bits per heavy atom. The SMILES string of the molecule is CC(C)CC(CN(C)C)NC(=O)C1CC(C)CC(N)C1. The summed E-state index contributed by atoms with van der Waals surface area (Å²) >= 11 is 0. The lowest BCUT2D eigenvalue weighted by Gasteiger charge is -2.32.